The molecule has 18 heavy (non-hydrogen) atoms. The number of hydrogen-bond donors (Lipinski definition) is 0. The van der Waals surface area contributed by atoms with Crippen LogP contribution in [0.2, 0.25) is 0 Å². The molecule has 92 valence electrons. The Labute approximate surface area is 100 Å². The summed E-state index contributed by atoms with van der Waals surface area (Å²) in [5.41, 5.74) is 0.352. The molecule has 0 saturated heterocycles. The molecule has 0 atom stereocenters. The highest BCUT2D eigenvalue weighted by Gasteiger charge is 2.16. The number of hydrogen-bond acceptors (Lipinski definition) is 5. The van der Waals surface area contributed by atoms with Crippen molar-refractivity contribution in [3.8, 4) is 0 Å². The molecule has 8 nitrogen and oxygen atoms in total. The normalized spacial score (nSPS) is 11.5. The monoisotopic (exact) mass is 246 g/mol. The van der Waals surface area contributed by atoms with E-state index in [9.17, 15) is 9.59 Å². The Morgan fingerprint density at radius 2 is 1.89 bits per heavy atom. The summed E-state index contributed by atoms with van der Waals surface area (Å²) >= 11 is 0. The number of fused-ring (bicyclic) bond motifs is 3. The zero-order valence-electron chi connectivity index (χ0n) is 10.1. The highest BCUT2D eigenvalue weighted by molar-refractivity contribution is 5.74. The van der Waals surface area contributed by atoms with E-state index in [-0.39, 0.29) is 11.2 Å². The second-order valence-corrected chi connectivity index (χ2v) is 4.10. The molecule has 0 bridgehead atoms. The van der Waals surface area contributed by atoms with Gasteiger partial charge in [0, 0.05) is 14.1 Å². The lowest BCUT2D eigenvalue weighted by atomic mass is 10.5. The lowest BCUT2D eigenvalue weighted by molar-refractivity contribution is 0.705. The van der Waals surface area contributed by atoms with Crippen molar-refractivity contribution in [2.45, 2.75) is 6.92 Å². The smallest absolute Gasteiger partial charge is 0.279 e. The van der Waals surface area contributed by atoms with Crippen molar-refractivity contribution in [1.29, 1.82) is 0 Å². The fourth-order valence-corrected chi connectivity index (χ4v) is 1.88. The molecule has 0 aliphatic carbocycles. The van der Waals surface area contributed by atoms with Gasteiger partial charge in [-0.3, -0.25) is 13.9 Å². The van der Waals surface area contributed by atoms with Gasteiger partial charge in [0.05, 0.1) is 11.9 Å². The van der Waals surface area contributed by atoms with Crippen LogP contribution in [0.25, 0.3) is 16.9 Å². The molecule has 0 aromatic carbocycles. The van der Waals surface area contributed by atoms with Crippen LogP contribution in [-0.4, -0.2) is 28.7 Å². The van der Waals surface area contributed by atoms with E-state index in [1.165, 1.54) is 16.1 Å². The van der Waals surface area contributed by atoms with E-state index >= 15 is 0 Å². The summed E-state index contributed by atoms with van der Waals surface area (Å²) < 4.78 is 3.70. The first-order chi connectivity index (χ1) is 8.50. The van der Waals surface area contributed by atoms with Crippen LogP contribution in [0.1, 0.15) is 5.69 Å². The van der Waals surface area contributed by atoms with Gasteiger partial charge in [-0.05, 0) is 6.92 Å². The maximum atomic E-state index is 12.1. The minimum Gasteiger partial charge on any atom is -0.279 e. The van der Waals surface area contributed by atoms with Gasteiger partial charge in [-0.15, -0.1) is 0 Å². The molecule has 0 saturated carbocycles. The van der Waals surface area contributed by atoms with Gasteiger partial charge < -0.3 is 0 Å². The standard InChI is InChI=1S/C10H10N6O2/c1-5-4-11-9-12-7-6(16(9)13-5)8(17)15(3)10(18)14(7)2/h4H,1-3H3. The van der Waals surface area contributed by atoms with E-state index < -0.39 is 11.2 Å². The predicted octanol–water partition coefficient (Wildman–Crippen LogP) is -1.02. The average Bonchev–Trinajstić information content (AvgIpc) is 2.72. The quantitative estimate of drug-likeness (QED) is 0.507. The van der Waals surface area contributed by atoms with Crippen LogP contribution in [0.15, 0.2) is 15.8 Å². The first-order valence-corrected chi connectivity index (χ1v) is 5.29. The second-order valence-electron chi connectivity index (χ2n) is 4.10. The van der Waals surface area contributed by atoms with Gasteiger partial charge in [0.1, 0.15) is 0 Å². The number of nitrogens with zero attached hydrogens (tertiary/aromatic N) is 6. The first-order valence-electron chi connectivity index (χ1n) is 5.29. The van der Waals surface area contributed by atoms with Crippen LogP contribution in [0.5, 0.6) is 0 Å². The maximum Gasteiger partial charge on any atom is 0.332 e. The van der Waals surface area contributed by atoms with E-state index in [1.54, 1.807) is 20.2 Å². The minimum atomic E-state index is -0.430. The molecule has 8 heteroatoms. The fourth-order valence-electron chi connectivity index (χ4n) is 1.88. The molecule has 3 aromatic heterocycles. The van der Waals surface area contributed by atoms with Crippen LogP contribution >= 0.6 is 0 Å². The Bertz CT molecular complexity index is 900. The summed E-state index contributed by atoms with van der Waals surface area (Å²) in [6, 6.07) is 0. The molecule has 0 aliphatic rings. The van der Waals surface area contributed by atoms with Gasteiger partial charge in [-0.25, -0.2) is 9.78 Å². The lowest BCUT2D eigenvalue weighted by Gasteiger charge is -2.01. The molecule has 0 amide bonds. The zero-order chi connectivity index (χ0) is 13.0. The summed E-state index contributed by atoms with van der Waals surface area (Å²) in [4.78, 5) is 32.1. The molecule has 0 unspecified atom stereocenters. The molecule has 0 aliphatic heterocycles. The van der Waals surface area contributed by atoms with Crippen molar-refractivity contribution in [2.24, 2.45) is 14.1 Å². The van der Waals surface area contributed by atoms with Crippen LogP contribution in [0.3, 0.4) is 0 Å². The Morgan fingerprint density at radius 3 is 2.61 bits per heavy atom. The summed E-state index contributed by atoms with van der Waals surface area (Å²) in [5.74, 6) is 0.300. The molecular weight excluding hydrogens is 236 g/mol. The summed E-state index contributed by atoms with van der Waals surface area (Å²) in [6.07, 6.45) is 1.56. The maximum absolute atomic E-state index is 12.1. The number of aromatic nitrogens is 6. The number of rotatable bonds is 0. The highest BCUT2D eigenvalue weighted by atomic mass is 16.2. The molecule has 3 heterocycles. The SMILES string of the molecule is Cc1cnc2nc3c(c(=O)n(C)c(=O)n3C)n2n1. The minimum absolute atomic E-state index is 0.255. The van der Waals surface area contributed by atoms with Crippen molar-refractivity contribution in [2.75, 3.05) is 0 Å². The third-order valence-corrected chi connectivity index (χ3v) is 2.84. The molecule has 3 rings (SSSR count). The Kier molecular flexibility index (Phi) is 1.92. The molecule has 3 aromatic rings. The third-order valence-electron chi connectivity index (χ3n) is 2.84. The average molecular weight is 246 g/mol. The summed E-state index contributed by atoms with van der Waals surface area (Å²) in [7, 11) is 2.98. The zero-order valence-corrected chi connectivity index (χ0v) is 10.1. The van der Waals surface area contributed by atoms with Crippen molar-refractivity contribution < 1.29 is 0 Å². The van der Waals surface area contributed by atoms with Gasteiger partial charge in [-0.1, -0.05) is 0 Å². The van der Waals surface area contributed by atoms with Crippen molar-refractivity contribution >= 4 is 16.9 Å². The Balaban J connectivity index is 2.74. The van der Waals surface area contributed by atoms with Crippen molar-refractivity contribution in [3.05, 3.63) is 32.7 Å². The third kappa shape index (κ3) is 1.17. The van der Waals surface area contributed by atoms with Gasteiger partial charge in [0.25, 0.3) is 11.3 Å². The Morgan fingerprint density at radius 1 is 1.17 bits per heavy atom. The van der Waals surface area contributed by atoms with Crippen LogP contribution in [-0.2, 0) is 14.1 Å². The van der Waals surface area contributed by atoms with Crippen molar-refractivity contribution in [3.63, 3.8) is 0 Å². The predicted molar refractivity (Wildman–Crippen MR) is 63.5 cm³/mol. The largest absolute Gasteiger partial charge is 0.332 e. The highest BCUT2D eigenvalue weighted by Crippen LogP contribution is 2.07. The molecule has 0 spiro atoms. The topological polar surface area (TPSA) is 87.1 Å². The van der Waals surface area contributed by atoms with E-state index in [4.69, 9.17) is 0 Å². The molecule has 0 radical (unpaired) electrons. The summed E-state index contributed by atoms with van der Waals surface area (Å²) in [5, 5.41) is 4.20. The Hall–Kier alpha value is -2.51. The molecule has 0 N–H and O–H groups in total. The van der Waals surface area contributed by atoms with E-state index in [0.717, 1.165) is 4.57 Å². The fraction of sp³-hybridized carbons (Fsp3) is 0.300. The van der Waals surface area contributed by atoms with Gasteiger partial charge >= 0.3 is 5.69 Å². The van der Waals surface area contributed by atoms with E-state index in [2.05, 4.69) is 15.1 Å². The molecule has 0 fully saturated rings. The molecular formula is C10H10N6O2. The first kappa shape index (κ1) is 10.6. The van der Waals surface area contributed by atoms with Crippen LogP contribution in [0, 0.1) is 6.92 Å². The van der Waals surface area contributed by atoms with E-state index in [1.807, 2.05) is 0 Å². The van der Waals surface area contributed by atoms with Gasteiger partial charge in [-0.2, -0.15) is 14.6 Å². The van der Waals surface area contributed by atoms with Crippen LogP contribution < -0.4 is 11.2 Å². The van der Waals surface area contributed by atoms with Gasteiger partial charge in [0.2, 0.25) is 0 Å². The van der Waals surface area contributed by atoms with E-state index in [0.29, 0.717) is 11.5 Å². The number of aryl methyl sites for hydroxylation is 2. The number of imidazole rings is 1. The van der Waals surface area contributed by atoms with Crippen molar-refractivity contribution in [1.82, 2.24) is 28.7 Å². The second kappa shape index (κ2) is 3.25. The van der Waals surface area contributed by atoms with Gasteiger partial charge in [0.15, 0.2) is 11.2 Å². The summed E-state index contributed by atoms with van der Waals surface area (Å²) in [6.45, 7) is 1.77. The lowest BCUT2D eigenvalue weighted by Crippen LogP contribution is -2.37. The van der Waals surface area contributed by atoms with Crippen LogP contribution in [0.4, 0.5) is 0 Å².